The summed E-state index contributed by atoms with van der Waals surface area (Å²) in [5.74, 6) is -0.243. The maximum absolute atomic E-state index is 10.8. The van der Waals surface area contributed by atoms with E-state index in [2.05, 4.69) is 10.2 Å². The zero-order chi connectivity index (χ0) is 10.6. The molecule has 1 aliphatic rings. The quantitative estimate of drug-likeness (QED) is 0.666. The van der Waals surface area contributed by atoms with Gasteiger partial charge in [-0.15, -0.1) is 0 Å². The van der Waals surface area contributed by atoms with Crippen LogP contribution in [0.1, 0.15) is 25.7 Å². The second-order valence-corrected chi connectivity index (χ2v) is 4.13. The summed E-state index contributed by atoms with van der Waals surface area (Å²) in [6.07, 6.45) is 4.90. The molecular formula is C10H21N3O. The zero-order valence-electron chi connectivity index (χ0n) is 9.12. The number of primary amides is 1. The standard InChI is InChI=1S/C10H21N3O/c1-12-8-5-3-4-6-9(8)13(2)7-10(11)14/h8-9,12H,3-7H2,1-2H3,(H2,11,14)/t8-,9-/m0/s1. The van der Waals surface area contributed by atoms with Crippen LogP contribution in [0.25, 0.3) is 0 Å². The highest BCUT2D eigenvalue weighted by Gasteiger charge is 2.27. The molecule has 1 aliphatic carbocycles. The van der Waals surface area contributed by atoms with E-state index in [1.807, 2.05) is 14.1 Å². The van der Waals surface area contributed by atoms with Gasteiger partial charge in [-0.2, -0.15) is 0 Å². The van der Waals surface area contributed by atoms with Gasteiger partial charge in [-0.05, 0) is 26.9 Å². The molecule has 0 spiro atoms. The topological polar surface area (TPSA) is 58.4 Å². The Hall–Kier alpha value is -0.610. The molecule has 2 atom stereocenters. The minimum Gasteiger partial charge on any atom is -0.369 e. The van der Waals surface area contributed by atoms with E-state index in [1.165, 1.54) is 19.3 Å². The van der Waals surface area contributed by atoms with Crippen molar-refractivity contribution >= 4 is 5.91 Å². The van der Waals surface area contributed by atoms with E-state index in [0.717, 1.165) is 6.42 Å². The number of likely N-dealkylation sites (N-methyl/N-ethyl adjacent to an activating group) is 2. The maximum Gasteiger partial charge on any atom is 0.231 e. The lowest BCUT2D eigenvalue weighted by molar-refractivity contribution is -0.119. The number of carbonyl (C=O) groups is 1. The highest BCUT2D eigenvalue weighted by molar-refractivity contribution is 5.75. The minimum atomic E-state index is -0.243. The van der Waals surface area contributed by atoms with Crippen molar-refractivity contribution in [3.8, 4) is 0 Å². The first-order valence-electron chi connectivity index (χ1n) is 5.31. The molecule has 0 aromatic heterocycles. The molecule has 82 valence electrons. The Morgan fingerprint density at radius 1 is 1.50 bits per heavy atom. The lowest BCUT2D eigenvalue weighted by Crippen LogP contribution is -2.51. The van der Waals surface area contributed by atoms with E-state index >= 15 is 0 Å². The summed E-state index contributed by atoms with van der Waals surface area (Å²) < 4.78 is 0. The molecule has 1 saturated carbocycles. The summed E-state index contributed by atoms with van der Waals surface area (Å²) in [6, 6.07) is 0.967. The molecule has 0 aromatic rings. The normalized spacial score (nSPS) is 27.9. The van der Waals surface area contributed by atoms with Crippen LogP contribution in [0.15, 0.2) is 0 Å². The highest BCUT2D eigenvalue weighted by Crippen LogP contribution is 2.21. The molecule has 1 rings (SSSR count). The number of rotatable bonds is 4. The van der Waals surface area contributed by atoms with Crippen molar-refractivity contribution in [2.45, 2.75) is 37.8 Å². The highest BCUT2D eigenvalue weighted by atomic mass is 16.1. The molecule has 4 heteroatoms. The van der Waals surface area contributed by atoms with Crippen LogP contribution in [-0.2, 0) is 4.79 Å². The molecule has 0 radical (unpaired) electrons. The molecule has 4 nitrogen and oxygen atoms in total. The average molecular weight is 199 g/mol. The fourth-order valence-electron chi connectivity index (χ4n) is 2.34. The first-order chi connectivity index (χ1) is 6.65. The van der Waals surface area contributed by atoms with Gasteiger partial charge >= 0.3 is 0 Å². The molecule has 3 N–H and O–H groups in total. The largest absolute Gasteiger partial charge is 0.369 e. The minimum absolute atomic E-state index is 0.243. The predicted molar refractivity (Wildman–Crippen MR) is 56.9 cm³/mol. The second kappa shape index (κ2) is 5.32. The van der Waals surface area contributed by atoms with E-state index in [9.17, 15) is 4.79 Å². The lowest BCUT2D eigenvalue weighted by Gasteiger charge is -2.37. The van der Waals surface area contributed by atoms with Crippen molar-refractivity contribution in [1.29, 1.82) is 0 Å². The average Bonchev–Trinajstić information content (AvgIpc) is 2.16. The van der Waals surface area contributed by atoms with Crippen LogP contribution in [0.4, 0.5) is 0 Å². The van der Waals surface area contributed by atoms with Gasteiger partial charge in [0.15, 0.2) is 0 Å². The van der Waals surface area contributed by atoms with Gasteiger partial charge in [0.2, 0.25) is 5.91 Å². The summed E-state index contributed by atoms with van der Waals surface area (Å²) >= 11 is 0. The first kappa shape index (κ1) is 11.5. The van der Waals surface area contributed by atoms with Gasteiger partial charge in [-0.3, -0.25) is 9.69 Å². The molecule has 0 aliphatic heterocycles. The Kier molecular flexibility index (Phi) is 4.35. The number of nitrogens with one attached hydrogen (secondary N) is 1. The summed E-state index contributed by atoms with van der Waals surface area (Å²) in [7, 11) is 3.96. The van der Waals surface area contributed by atoms with Crippen molar-refractivity contribution < 1.29 is 4.79 Å². The van der Waals surface area contributed by atoms with Crippen molar-refractivity contribution in [3.05, 3.63) is 0 Å². The molecule has 1 amide bonds. The Morgan fingerprint density at radius 2 is 2.14 bits per heavy atom. The van der Waals surface area contributed by atoms with Gasteiger partial charge in [0, 0.05) is 12.1 Å². The fourth-order valence-corrected chi connectivity index (χ4v) is 2.34. The van der Waals surface area contributed by atoms with Gasteiger partial charge in [0.25, 0.3) is 0 Å². The second-order valence-electron chi connectivity index (χ2n) is 4.13. The Morgan fingerprint density at radius 3 is 2.71 bits per heavy atom. The third kappa shape index (κ3) is 2.96. The van der Waals surface area contributed by atoms with Crippen molar-refractivity contribution in [2.75, 3.05) is 20.6 Å². The van der Waals surface area contributed by atoms with Crippen LogP contribution < -0.4 is 11.1 Å². The SMILES string of the molecule is CN[C@H]1CCCC[C@@H]1N(C)CC(N)=O. The monoisotopic (exact) mass is 199 g/mol. The van der Waals surface area contributed by atoms with Crippen LogP contribution in [-0.4, -0.2) is 43.5 Å². The van der Waals surface area contributed by atoms with Gasteiger partial charge < -0.3 is 11.1 Å². The molecule has 0 unspecified atom stereocenters. The van der Waals surface area contributed by atoms with E-state index in [0.29, 0.717) is 18.6 Å². The number of hydrogen-bond acceptors (Lipinski definition) is 3. The van der Waals surface area contributed by atoms with E-state index < -0.39 is 0 Å². The van der Waals surface area contributed by atoms with E-state index in [-0.39, 0.29) is 5.91 Å². The fraction of sp³-hybridized carbons (Fsp3) is 0.900. The Balaban J connectivity index is 2.49. The summed E-state index contributed by atoms with van der Waals surface area (Å²) in [5, 5.41) is 3.31. The smallest absolute Gasteiger partial charge is 0.231 e. The molecule has 14 heavy (non-hydrogen) atoms. The summed E-state index contributed by atoms with van der Waals surface area (Å²) in [5.41, 5.74) is 5.19. The summed E-state index contributed by atoms with van der Waals surface area (Å²) in [6.45, 7) is 0.364. The summed E-state index contributed by atoms with van der Waals surface area (Å²) in [4.78, 5) is 12.9. The van der Waals surface area contributed by atoms with Gasteiger partial charge in [-0.1, -0.05) is 12.8 Å². The molecule has 0 heterocycles. The third-order valence-electron chi connectivity index (χ3n) is 3.07. The van der Waals surface area contributed by atoms with Crippen LogP contribution in [0.2, 0.25) is 0 Å². The van der Waals surface area contributed by atoms with E-state index in [1.54, 1.807) is 0 Å². The van der Waals surface area contributed by atoms with Crippen molar-refractivity contribution in [1.82, 2.24) is 10.2 Å². The maximum atomic E-state index is 10.8. The first-order valence-corrected chi connectivity index (χ1v) is 5.31. The number of nitrogens with two attached hydrogens (primary N) is 1. The number of hydrogen-bond donors (Lipinski definition) is 2. The number of nitrogens with zero attached hydrogens (tertiary/aromatic N) is 1. The molecule has 1 fully saturated rings. The number of carbonyl (C=O) groups excluding carboxylic acids is 1. The van der Waals surface area contributed by atoms with Crippen LogP contribution in [0, 0.1) is 0 Å². The van der Waals surface area contributed by atoms with Crippen molar-refractivity contribution in [3.63, 3.8) is 0 Å². The van der Waals surface area contributed by atoms with Gasteiger partial charge in [-0.25, -0.2) is 0 Å². The van der Waals surface area contributed by atoms with Gasteiger partial charge in [0.05, 0.1) is 6.54 Å². The number of amides is 1. The molecular weight excluding hydrogens is 178 g/mol. The van der Waals surface area contributed by atoms with Crippen LogP contribution in [0.5, 0.6) is 0 Å². The van der Waals surface area contributed by atoms with Crippen LogP contribution >= 0.6 is 0 Å². The molecule has 0 aromatic carbocycles. The predicted octanol–water partition coefficient (Wildman–Crippen LogP) is -0.0659. The van der Waals surface area contributed by atoms with E-state index in [4.69, 9.17) is 5.73 Å². The Bertz CT molecular complexity index is 196. The van der Waals surface area contributed by atoms with Crippen LogP contribution in [0.3, 0.4) is 0 Å². The molecule has 0 saturated heterocycles. The zero-order valence-corrected chi connectivity index (χ0v) is 9.12. The molecule has 0 bridgehead atoms. The van der Waals surface area contributed by atoms with Crippen molar-refractivity contribution in [2.24, 2.45) is 5.73 Å². The third-order valence-corrected chi connectivity index (χ3v) is 3.07. The van der Waals surface area contributed by atoms with Gasteiger partial charge in [0.1, 0.15) is 0 Å². The Labute approximate surface area is 85.8 Å². The lowest BCUT2D eigenvalue weighted by atomic mass is 9.89.